The molecule has 1 nitrogen and oxygen atoms in total. The van der Waals surface area contributed by atoms with Crippen LogP contribution in [-0.4, -0.2) is 11.2 Å². The minimum Gasteiger partial charge on any atom is -0.393 e. The Morgan fingerprint density at radius 2 is 1.89 bits per heavy atom. The fraction of sp³-hybridized carbons (Fsp3) is 0.294. The average molecular weight is 240 g/mol. The van der Waals surface area contributed by atoms with Gasteiger partial charge in [0.05, 0.1) is 6.10 Å². The third-order valence-electron chi connectivity index (χ3n) is 3.23. The summed E-state index contributed by atoms with van der Waals surface area (Å²) in [5.74, 6) is 0. The molecule has 0 amide bonds. The predicted molar refractivity (Wildman–Crippen MR) is 77.7 cm³/mol. The molecule has 18 heavy (non-hydrogen) atoms. The van der Waals surface area contributed by atoms with E-state index in [0.717, 1.165) is 25.7 Å². The standard InChI is InChI=1S/C17H20O/c1-2-3-4-9-17(18)13-14-10-11-15-7-5-6-8-16(15)12-14/h2,5-8,10-12,17-18H,1,3-4,9,13H2. The number of rotatable bonds is 6. The zero-order valence-electron chi connectivity index (χ0n) is 10.7. The van der Waals surface area contributed by atoms with E-state index in [1.807, 2.05) is 18.2 Å². The van der Waals surface area contributed by atoms with Crippen molar-refractivity contribution in [2.45, 2.75) is 31.8 Å². The van der Waals surface area contributed by atoms with Crippen LogP contribution in [0.2, 0.25) is 0 Å². The van der Waals surface area contributed by atoms with Gasteiger partial charge in [0.1, 0.15) is 0 Å². The number of unbranched alkanes of at least 4 members (excludes halogenated alkanes) is 1. The molecule has 2 aromatic rings. The topological polar surface area (TPSA) is 20.2 Å². The molecule has 0 fully saturated rings. The van der Waals surface area contributed by atoms with E-state index in [1.54, 1.807) is 0 Å². The lowest BCUT2D eigenvalue weighted by Crippen LogP contribution is -2.09. The molecule has 1 heteroatoms. The number of benzene rings is 2. The van der Waals surface area contributed by atoms with E-state index in [1.165, 1.54) is 16.3 Å². The molecule has 0 aliphatic rings. The third-order valence-corrected chi connectivity index (χ3v) is 3.23. The lowest BCUT2D eigenvalue weighted by atomic mass is 10.0. The number of fused-ring (bicyclic) bond motifs is 1. The van der Waals surface area contributed by atoms with Crippen LogP contribution in [-0.2, 0) is 6.42 Å². The summed E-state index contributed by atoms with van der Waals surface area (Å²) >= 11 is 0. The second-order valence-corrected chi connectivity index (χ2v) is 4.76. The van der Waals surface area contributed by atoms with Gasteiger partial charge in [-0.15, -0.1) is 6.58 Å². The SMILES string of the molecule is C=CCCCC(O)Cc1ccc2ccccc2c1. The summed E-state index contributed by atoms with van der Waals surface area (Å²) in [6.07, 6.45) is 5.24. The number of aliphatic hydroxyl groups is 1. The molecule has 0 aromatic heterocycles. The Morgan fingerprint density at radius 1 is 1.11 bits per heavy atom. The van der Waals surface area contributed by atoms with Gasteiger partial charge in [0.25, 0.3) is 0 Å². The smallest absolute Gasteiger partial charge is 0.0580 e. The molecular formula is C17H20O. The number of aliphatic hydroxyl groups excluding tert-OH is 1. The van der Waals surface area contributed by atoms with Crippen molar-refractivity contribution in [2.75, 3.05) is 0 Å². The van der Waals surface area contributed by atoms with Gasteiger partial charge in [-0.1, -0.05) is 48.5 Å². The first kappa shape index (κ1) is 12.8. The molecular weight excluding hydrogens is 220 g/mol. The van der Waals surface area contributed by atoms with Crippen molar-refractivity contribution in [2.24, 2.45) is 0 Å². The molecule has 1 N–H and O–H groups in total. The Kier molecular flexibility index (Phi) is 4.54. The van der Waals surface area contributed by atoms with Crippen molar-refractivity contribution in [3.05, 3.63) is 60.7 Å². The van der Waals surface area contributed by atoms with Crippen LogP contribution in [0.4, 0.5) is 0 Å². The Bertz CT molecular complexity index is 516. The van der Waals surface area contributed by atoms with Gasteiger partial charge < -0.3 is 5.11 Å². The number of hydrogen-bond acceptors (Lipinski definition) is 1. The summed E-state index contributed by atoms with van der Waals surface area (Å²) in [6, 6.07) is 14.7. The van der Waals surface area contributed by atoms with Crippen molar-refractivity contribution in [3.8, 4) is 0 Å². The highest BCUT2D eigenvalue weighted by atomic mass is 16.3. The van der Waals surface area contributed by atoms with Crippen LogP contribution in [0.15, 0.2) is 55.1 Å². The first-order valence-corrected chi connectivity index (χ1v) is 6.56. The summed E-state index contributed by atoms with van der Waals surface area (Å²) in [7, 11) is 0. The Labute approximate surface area is 109 Å². The van der Waals surface area contributed by atoms with Crippen molar-refractivity contribution >= 4 is 10.8 Å². The van der Waals surface area contributed by atoms with E-state index in [2.05, 4.69) is 36.9 Å². The first-order valence-electron chi connectivity index (χ1n) is 6.56. The Morgan fingerprint density at radius 3 is 2.67 bits per heavy atom. The highest BCUT2D eigenvalue weighted by Gasteiger charge is 2.05. The van der Waals surface area contributed by atoms with Gasteiger partial charge >= 0.3 is 0 Å². The lowest BCUT2D eigenvalue weighted by molar-refractivity contribution is 0.162. The molecule has 0 heterocycles. The van der Waals surface area contributed by atoms with Gasteiger partial charge in [-0.25, -0.2) is 0 Å². The van der Waals surface area contributed by atoms with Gasteiger partial charge in [-0.3, -0.25) is 0 Å². The second kappa shape index (κ2) is 6.36. The molecule has 0 radical (unpaired) electrons. The van der Waals surface area contributed by atoms with Gasteiger partial charge in [0.15, 0.2) is 0 Å². The van der Waals surface area contributed by atoms with Crippen molar-refractivity contribution in [1.29, 1.82) is 0 Å². The number of allylic oxidation sites excluding steroid dienone is 1. The summed E-state index contributed by atoms with van der Waals surface area (Å²) in [6.45, 7) is 3.69. The second-order valence-electron chi connectivity index (χ2n) is 4.76. The van der Waals surface area contributed by atoms with Crippen LogP contribution in [0.1, 0.15) is 24.8 Å². The maximum atomic E-state index is 9.97. The average Bonchev–Trinajstić information content (AvgIpc) is 2.39. The predicted octanol–water partition coefficient (Wildman–Crippen LogP) is 4.10. The molecule has 94 valence electrons. The molecule has 0 saturated heterocycles. The van der Waals surface area contributed by atoms with E-state index in [4.69, 9.17) is 0 Å². The molecule has 2 rings (SSSR count). The van der Waals surface area contributed by atoms with E-state index < -0.39 is 0 Å². The summed E-state index contributed by atoms with van der Waals surface area (Å²) in [4.78, 5) is 0. The van der Waals surface area contributed by atoms with Crippen molar-refractivity contribution in [1.82, 2.24) is 0 Å². The highest BCUT2D eigenvalue weighted by molar-refractivity contribution is 5.82. The molecule has 0 aliphatic carbocycles. The minimum atomic E-state index is -0.244. The van der Waals surface area contributed by atoms with Crippen LogP contribution in [0, 0.1) is 0 Å². The van der Waals surface area contributed by atoms with E-state index in [9.17, 15) is 5.11 Å². The molecule has 2 aromatic carbocycles. The van der Waals surface area contributed by atoms with Crippen LogP contribution in [0.3, 0.4) is 0 Å². The maximum Gasteiger partial charge on any atom is 0.0580 e. The van der Waals surface area contributed by atoms with Crippen LogP contribution >= 0.6 is 0 Å². The molecule has 0 saturated carbocycles. The maximum absolute atomic E-state index is 9.97. The van der Waals surface area contributed by atoms with Crippen molar-refractivity contribution in [3.63, 3.8) is 0 Å². The molecule has 0 spiro atoms. The first-order chi connectivity index (χ1) is 8.79. The normalized spacial score (nSPS) is 12.5. The van der Waals surface area contributed by atoms with E-state index in [-0.39, 0.29) is 6.10 Å². The van der Waals surface area contributed by atoms with Crippen LogP contribution < -0.4 is 0 Å². The highest BCUT2D eigenvalue weighted by Crippen LogP contribution is 2.17. The Balaban J connectivity index is 2.00. The Hall–Kier alpha value is -1.60. The summed E-state index contributed by atoms with van der Waals surface area (Å²) in [5, 5.41) is 12.5. The van der Waals surface area contributed by atoms with Crippen molar-refractivity contribution < 1.29 is 5.11 Å². The van der Waals surface area contributed by atoms with Gasteiger partial charge in [-0.2, -0.15) is 0 Å². The fourth-order valence-electron chi connectivity index (χ4n) is 2.24. The number of hydrogen-bond donors (Lipinski definition) is 1. The molecule has 1 atom stereocenters. The summed E-state index contributed by atoms with van der Waals surface area (Å²) < 4.78 is 0. The molecule has 1 unspecified atom stereocenters. The third kappa shape index (κ3) is 3.44. The quantitative estimate of drug-likeness (QED) is 0.595. The van der Waals surface area contributed by atoms with Crippen LogP contribution in [0.5, 0.6) is 0 Å². The lowest BCUT2D eigenvalue weighted by Gasteiger charge is -2.10. The molecule has 0 aliphatic heterocycles. The fourth-order valence-corrected chi connectivity index (χ4v) is 2.24. The largest absolute Gasteiger partial charge is 0.393 e. The summed E-state index contributed by atoms with van der Waals surface area (Å²) in [5.41, 5.74) is 1.21. The van der Waals surface area contributed by atoms with E-state index in [0.29, 0.717) is 0 Å². The monoisotopic (exact) mass is 240 g/mol. The van der Waals surface area contributed by atoms with Gasteiger partial charge in [0.2, 0.25) is 0 Å². The molecule has 0 bridgehead atoms. The minimum absolute atomic E-state index is 0.244. The zero-order chi connectivity index (χ0) is 12.8. The zero-order valence-corrected chi connectivity index (χ0v) is 10.7. The van der Waals surface area contributed by atoms with Gasteiger partial charge in [-0.05, 0) is 42.0 Å². The van der Waals surface area contributed by atoms with Crippen LogP contribution in [0.25, 0.3) is 10.8 Å². The van der Waals surface area contributed by atoms with E-state index >= 15 is 0 Å². The van der Waals surface area contributed by atoms with Gasteiger partial charge in [0, 0.05) is 0 Å².